The number of carbonyl (C=O) groups is 1. The summed E-state index contributed by atoms with van der Waals surface area (Å²) in [7, 11) is 0. The van der Waals surface area contributed by atoms with Crippen molar-refractivity contribution in [3.8, 4) is 0 Å². The molecule has 0 radical (unpaired) electrons. The summed E-state index contributed by atoms with van der Waals surface area (Å²) in [5.41, 5.74) is 3.38. The van der Waals surface area contributed by atoms with E-state index in [0.29, 0.717) is 11.8 Å². The van der Waals surface area contributed by atoms with E-state index in [1.54, 1.807) is 0 Å². The summed E-state index contributed by atoms with van der Waals surface area (Å²) in [5.74, 6) is 1.47. The number of amides is 1. The van der Waals surface area contributed by atoms with Crippen LogP contribution in [0.1, 0.15) is 60.0 Å². The number of hydrogen-bond acceptors (Lipinski definition) is 2. The van der Waals surface area contributed by atoms with Crippen molar-refractivity contribution in [2.45, 2.75) is 45.4 Å². The van der Waals surface area contributed by atoms with Crippen LogP contribution in [0.4, 0.5) is 0 Å². The average Bonchev–Trinajstić information content (AvgIpc) is 2.55. The summed E-state index contributed by atoms with van der Waals surface area (Å²) in [4.78, 5) is 15.0. The summed E-state index contributed by atoms with van der Waals surface area (Å²) >= 11 is 0. The normalized spacial score (nSPS) is 23.5. The molecule has 0 aromatic heterocycles. The summed E-state index contributed by atoms with van der Waals surface area (Å²) < 4.78 is 0. The molecule has 1 amide bonds. The lowest BCUT2D eigenvalue weighted by Crippen LogP contribution is -2.39. The van der Waals surface area contributed by atoms with Crippen LogP contribution in [-0.4, -0.2) is 37.0 Å². The topological polar surface area (TPSA) is 32.3 Å². The molecular formula is C19H28N2O. The average molecular weight is 300 g/mol. The van der Waals surface area contributed by atoms with Gasteiger partial charge in [-0.15, -0.1) is 0 Å². The highest BCUT2D eigenvalue weighted by Gasteiger charge is 2.24. The second-order valence-electron chi connectivity index (χ2n) is 7.10. The quantitative estimate of drug-likeness (QED) is 0.908. The fourth-order valence-corrected chi connectivity index (χ4v) is 3.82. The fraction of sp³-hybridized carbons (Fsp3) is 0.632. The molecule has 2 aliphatic heterocycles. The van der Waals surface area contributed by atoms with E-state index in [2.05, 4.69) is 42.3 Å². The van der Waals surface area contributed by atoms with E-state index in [4.69, 9.17) is 0 Å². The molecule has 1 N–H and O–H groups in total. The molecular weight excluding hydrogens is 272 g/mol. The van der Waals surface area contributed by atoms with Crippen molar-refractivity contribution < 1.29 is 4.79 Å². The maximum Gasteiger partial charge on any atom is 0.254 e. The van der Waals surface area contributed by atoms with Gasteiger partial charge in [0.05, 0.1) is 0 Å². The van der Waals surface area contributed by atoms with E-state index < -0.39 is 0 Å². The molecule has 2 fully saturated rings. The van der Waals surface area contributed by atoms with Crippen molar-refractivity contribution in [1.82, 2.24) is 10.2 Å². The molecule has 1 aromatic carbocycles. The number of nitrogens with one attached hydrogen (secondary N) is 1. The maximum atomic E-state index is 12.9. The van der Waals surface area contributed by atoms with Crippen molar-refractivity contribution in [1.29, 1.82) is 0 Å². The minimum atomic E-state index is 0.236. The predicted octanol–water partition coefficient (Wildman–Crippen LogP) is 3.33. The van der Waals surface area contributed by atoms with Crippen molar-refractivity contribution in [2.24, 2.45) is 5.92 Å². The first-order valence-corrected chi connectivity index (χ1v) is 8.75. The third kappa shape index (κ3) is 3.35. The lowest BCUT2D eigenvalue weighted by atomic mass is 9.88. The molecule has 120 valence electrons. The van der Waals surface area contributed by atoms with Crippen LogP contribution in [0.5, 0.6) is 0 Å². The third-order valence-electron chi connectivity index (χ3n) is 5.25. The van der Waals surface area contributed by atoms with Gasteiger partial charge in [-0.25, -0.2) is 0 Å². The Morgan fingerprint density at radius 3 is 2.73 bits per heavy atom. The fourth-order valence-electron chi connectivity index (χ4n) is 3.82. The van der Waals surface area contributed by atoms with Crippen molar-refractivity contribution in [3.63, 3.8) is 0 Å². The molecule has 22 heavy (non-hydrogen) atoms. The largest absolute Gasteiger partial charge is 0.338 e. The van der Waals surface area contributed by atoms with Gasteiger partial charge < -0.3 is 10.2 Å². The van der Waals surface area contributed by atoms with Crippen molar-refractivity contribution in [3.05, 3.63) is 34.9 Å². The number of piperidine rings is 2. The molecule has 2 heterocycles. The van der Waals surface area contributed by atoms with Gasteiger partial charge in [0.15, 0.2) is 0 Å². The Balaban J connectivity index is 1.81. The van der Waals surface area contributed by atoms with Gasteiger partial charge in [-0.2, -0.15) is 0 Å². The Bertz CT molecular complexity index is 534. The lowest BCUT2D eigenvalue weighted by molar-refractivity contribution is 0.0682. The zero-order chi connectivity index (χ0) is 15.5. The van der Waals surface area contributed by atoms with Gasteiger partial charge in [0.1, 0.15) is 0 Å². The number of benzene rings is 1. The van der Waals surface area contributed by atoms with Gasteiger partial charge in [-0.05, 0) is 74.7 Å². The molecule has 0 bridgehead atoms. The van der Waals surface area contributed by atoms with Gasteiger partial charge in [0.25, 0.3) is 5.91 Å². The van der Waals surface area contributed by atoms with E-state index in [9.17, 15) is 4.79 Å². The molecule has 2 aliphatic rings. The molecule has 1 aromatic rings. The first-order chi connectivity index (χ1) is 10.6. The summed E-state index contributed by atoms with van der Waals surface area (Å²) in [6.07, 6.45) is 4.74. The molecule has 0 spiro atoms. The Morgan fingerprint density at radius 1 is 1.23 bits per heavy atom. The SMILES string of the molecule is Cc1ccc(C2CCNCC2)cc1C(=O)N1CCCC(C)C1. The van der Waals surface area contributed by atoms with E-state index in [1.807, 2.05) is 0 Å². The van der Waals surface area contributed by atoms with Crippen LogP contribution in [0.3, 0.4) is 0 Å². The Morgan fingerprint density at radius 2 is 2.00 bits per heavy atom. The molecule has 3 rings (SSSR count). The number of carbonyl (C=O) groups excluding carboxylic acids is 1. The van der Waals surface area contributed by atoms with E-state index in [0.717, 1.165) is 43.7 Å². The highest BCUT2D eigenvalue weighted by atomic mass is 16.2. The van der Waals surface area contributed by atoms with Crippen LogP contribution in [0.15, 0.2) is 18.2 Å². The van der Waals surface area contributed by atoms with E-state index in [-0.39, 0.29) is 5.91 Å². The molecule has 0 aliphatic carbocycles. The second kappa shape index (κ2) is 6.82. The number of nitrogens with zero attached hydrogens (tertiary/aromatic N) is 1. The van der Waals surface area contributed by atoms with Crippen molar-refractivity contribution >= 4 is 5.91 Å². The highest BCUT2D eigenvalue weighted by molar-refractivity contribution is 5.96. The van der Waals surface area contributed by atoms with Crippen LogP contribution >= 0.6 is 0 Å². The standard InChI is InChI=1S/C19H28N2O/c1-14-4-3-11-21(13-14)19(22)18-12-17(6-5-15(18)2)16-7-9-20-10-8-16/h5-6,12,14,16,20H,3-4,7-11,13H2,1-2H3. The molecule has 1 unspecified atom stereocenters. The van der Waals surface area contributed by atoms with Gasteiger partial charge in [-0.3, -0.25) is 4.79 Å². The monoisotopic (exact) mass is 300 g/mol. The zero-order valence-electron chi connectivity index (χ0n) is 13.9. The zero-order valence-corrected chi connectivity index (χ0v) is 13.9. The van der Waals surface area contributed by atoms with Crippen LogP contribution in [0.25, 0.3) is 0 Å². The van der Waals surface area contributed by atoms with Crippen LogP contribution in [-0.2, 0) is 0 Å². The summed E-state index contributed by atoms with van der Waals surface area (Å²) in [5, 5.41) is 3.41. The predicted molar refractivity (Wildman–Crippen MR) is 90.3 cm³/mol. The van der Waals surface area contributed by atoms with Crippen LogP contribution in [0.2, 0.25) is 0 Å². The molecule has 2 saturated heterocycles. The van der Waals surface area contributed by atoms with E-state index >= 15 is 0 Å². The lowest BCUT2D eigenvalue weighted by Gasteiger charge is -2.31. The van der Waals surface area contributed by atoms with Gasteiger partial charge >= 0.3 is 0 Å². The smallest absolute Gasteiger partial charge is 0.254 e. The number of hydrogen-bond donors (Lipinski definition) is 1. The Kier molecular flexibility index (Phi) is 4.82. The molecule has 3 heteroatoms. The summed E-state index contributed by atoms with van der Waals surface area (Å²) in [6.45, 7) is 8.32. The molecule has 3 nitrogen and oxygen atoms in total. The minimum absolute atomic E-state index is 0.236. The van der Waals surface area contributed by atoms with Crippen LogP contribution in [0, 0.1) is 12.8 Å². The Hall–Kier alpha value is -1.35. The third-order valence-corrected chi connectivity index (χ3v) is 5.25. The first kappa shape index (κ1) is 15.5. The van der Waals surface area contributed by atoms with Crippen LogP contribution < -0.4 is 5.32 Å². The van der Waals surface area contributed by atoms with Gasteiger partial charge in [-0.1, -0.05) is 19.1 Å². The number of likely N-dealkylation sites (tertiary alicyclic amines) is 1. The maximum absolute atomic E-state index is 12.9. The molecule has 1 atom stereocenters. The van der Waals surface area contributed by atoms with E-state index in [1.165, 1.54) is 24.8 Å². The number of aryl methyl sites for hydroxylation is 1. The number of rotatable bonds is 2. The molecule has 0 saturated carbocycles. The highest BCUT2D eigenvalue weighted by Crippen LogP contribution is 2.28. The van der Waals surface area contributed by atoms with Gasteiger partial charge in [0, 0.05) is 18.7 Å². The summed E-state index contributed by atoms with van der Waals surface area (Å²) in [6, 6.07) is 6.53. The minimum Gasteiger partial charge on any atom is -0.338 e. The Labute approximate surface area is 134 Å². The first-order valence-electron chi connectivity index (χ1n) is 8.75. The van der Waals surface area contributed by atoms with Gasteiger partial charge in [0.2, 0.25) is 0 Å². The second-order valence-corrected chi connectivity index (χ2v) is 7.10. The van der Waals surface area contributed by atoms with Crippen molar-refractivity contribution in [2.75, 3.05) is 26.2 Å².